The standard InChI is InChI=1S/C19H22FN3O3S/c1-14-11-17(4-5-18(14)20)27(25,26)23-9-6-16(7-10-23)19(24)22-13-15-3-2-8-21-12-15/h2-5,8,11-12,16H,6-7,9-10,13H2,1H3,(H,22,24). The zero-order valence-electron chi connectivity index (χ0n) is 15.1. The number of aryl methyl sites for hydroxylation is 1. The van der Waals surface area contributed by atoms with Gasteiger partial charge >= 0.3 is 0 Å². The van der Waals surface area contributed by atoms with E-state index in [1.165, 1.54) is 29.4 Å². The number of benzene rings is 1. The number of carbonyl (C=O) groups excluding carboxylic acids is 1. The molecule has 1 fully saturated rings. The summed E-state index contributed by atoms with van der Waals surface area (Å²) in [6, 6.07) is 7.48. The highest BCUT2D eigenvalue weighted by atomic mass is 32.2. The molecule has 1 aromatic heterocycles. The lowest BCUT2D eigenvalue weighted by Crippen LogP contribution is -2.42. The van der Waals surface area contributed by atoms with Gasteiger partial charge in [-0.3, -0.25) is 9.78 Å². The molecule has 27 heavy (non-hydrogen) atoms. The maximum Gasteiger partial charge on any atom is 0.243 e. The summed E-state index contributed by atoms with van der Waals surface area (Å²) in [7, 11) is -3.68. The third-order valence-electron chi connectivity index (χ3n) is 4.78. The second-order valence-corrected chi connectivity index (χ2v) is 8.61. The molecule has 0 spiro atoms. The highest BCUT2D eigenvalue weighted by molar-refractivity contribution is 7.89. The number of halogens is 1. The van der Waals surface area contributed by atoms with Gasteiger partial charge in [-0.15, -0.1) is 0 Å². The fraction of sp³-hybridized carbons (Fsp3) is 0.368. The zero-order valence-corrected chi connectivity index (χ0v) is 15.9. The van der Waals surface area contributed by atoms with Crippen molar-refractivity contribution >= 4 is 15.9 Å². The van der Waals surface area contributed by atoms with Crippen molar-refractivity contribution in [1.29, 1.82) is 0 Å². The molecule has 1 amide bonds. The maximum atomic E-state index is 13.4. The summed E-state index contributed by atoms with van der Waals surface area (Å²) in [5.74, 6) is -0.727. The Morgan fingerprint density at radius 3 is 2.67 bits per heavy atom. The Labute approximate surface area is 158 Å². The zero-order chi connectivity index (χ0) is 19.4. The number of nitrogens with zero attached hydrogens (tertiary/aromatic N) is 2. The summed E-state index contributed by atoms with van der Waals surface area (Å²) in [5, 5.41) is 2.88. The summed E-state index contributed by atoms with van der Waals surface area (Å²) in [4.78, 5) is 16.4. The molecule has 1 N–H and O–H groups in total. The van der Waals surface area contributed by atoms with E-state index in [1.807, 2.05) is 12.1 Å². The molecule has 0 saturated carbocycles. The van der Waals surface area contributed by atoms with Crippen LogP contribution in [0, 0.1) is 18.7 Å². The van der Waals surface area contributed by atoms with Crippen LogP contribution in [0.5, 0.6) is 0 Å². The number of nitrogens with one attached hydrogen (secondary N) is 1. The molecule has 0 unspecified atom stereocenters. The predicted octanol–water partition coefficient (Wildman–Crippen LogP) is 2.25. The van der Waals surface area contributed by atoms with Gasteiger partial charge in [0.15, 0.2) is 0 Å². The number of carbonyl (C=O) groups is 1. The van der Waals surface area contributed by atoms with Gasteiger partial charge in [-0.05, 0) is 55.2 Å². The maximum absolute atomic E-state index is 13.4. The second kappa shape index (κ2) is 8.14. The molecule has 6 nitrogen and oxygen atoms in total. The van der Waals surface area contributed by atoms with E-state index in [0.717, 1.165) is 5.56 Å². The number of piperidine rings is 1. The average molecular weight is 391 g/mol. The van der Waals surface area contributed by atoms with Gasteiger partial charge in [0.05, 0.1) is 4.90 Å². The van der Waals surface area contributed by atoms with Crippen LogP contribution in [-0.4, -0.2) is 36.7 Å². The van der Waals surface area contributed by atoms with E-state index in [4.69, 9.17) is 0 Å². The monoisotopic (exact) mass is 391 g/mol. The smallest absolute Gasteiger partial charge is 0.243 e. The van der Waals surface area contributed by atoms with Crippen molar-refractivity contribution in [3.8, 4) is 0 Å². The van der Waals surface area contributed by atoms with Crippen molar-refractivity contribution in [3.05, 3.63) is 59.7 Å². The van der Waals surface area contributed by atoms with Gasteiger partial charge < -0.3 is 5.32 Å². The molecule has 144 valence electrons. The van der Waals surface area contributed by atoms with Gasteiger partial charge in [-0.1, -0.05) is 6.07 Å². The quantitative estimate of drug-likeness (QED) is 0.848. The van der Waals surface area contributed by atoms with Crippen molar-refractivity contribution in [1.82, 2.24) is 14.6 Å². The summed E-state index contributed by atoms with van der Waals surface area (Å²) >= 11 is 0. The van der Waals surface area contributed by atoms with E-state index in [9.17, 15) is 17.6 Å². The molecule has 0 aliphatic carbocycles. The molecule has 8 heteroatoms. The van der Waals surface area contributed by atoms with Crippen LogP contribution in [0.15, 0.2) is 47.6 Å². The molecular formula is C19H22FN3O3S. The van der Waals surface area contributed by atoms with Gasteiger partial charge in [-0.2, -0.15) is 4.31 Å². The first-order valence-electron chi connectivity index (χ1n) is 8.81. The van der Waals surface area contributed by atoms with E-state index in [-0.39, 0.29) is 29.8 Å². The fourth-order valence-corrected chi connectivity index (χ4v) is 4.68. The Morgan fingerprint density at radius 1 is 1.30 bits per heavy atom. The first-order valence-corrected chi connectivity index (χ1v) is 10.2. The first-order chi connectivity index (χ1) is 12.9. The molecular weight excluding hydrogens is 369 g/mol. The van der Waals surface area contributed by atoms with Gasteiger partial charge in [-0.25, -0.2) is 12.8 Å². The Balaban J connectivity index is 1.57. The van der Waals surface area contributed by atoms with E-state index >= 15 is 0 Å². The summed E-state index contributed by atoms with van der Waals surface area (Å²) in [5.41, 5.74) is 1.21. The SMILES string of the molecule is Cc1cc(S(=O)(=O)N2CCC(C(=O)NCc3cccnc3)CC2)ccc1F. The lowest BCUT2D eigenvalue weighted by Gasteiger charge is -2.30. The minimum Gasteiger partial charge on any atom is -0.352 e. The topological polar surface area (TPSA) is 79.4 Å². The van der Waals surface area contributed by atoms with Crippen LogP contribution in [-0.2, 0) is 21.4 Å². The molecule has 1 aliphatic rings. The number of hydrogen-bond acceptors (Lipinski definition) is 4. The largest absolute Gasteiger partial charge is 0.352 e. The number of rotatable bonds is 5. The van der Waals surface area contributed by atoms with Crippen LogP contribution in [0.1, 0.15) is 24.0 Å². The molecule has 1 aromatic carbocycles. The van der Waals surface area contributed by atoms with Crippen LogP contribution in [0.2, 0.25) is 0 Å². The number of aromatic nitrogens is 1. The molecule has 0 radical (unpaired) electrons. The average Bonchev–Trinajstić information content (AvgIpc) is 2.69. The summed E-state index contributed by atoms with van der Waals surface area (Å²) in [6.45, 7) is 2.47. The minimum atomic E-state index is -3.68. The molecule has 0 atom stereocenters. The van der Waals surface area contributed by atoms with Crippen LogP contribution in [0.3, 0.4) is 0 Å². The Hall–Kier alpha value is -2.32. The van der Waals surface area contributed by atoms with E-state index in [1.54, 1.807) is 12.4 Å². The molecule has 3 rings (SSSR count). The third-order valence-corrected chi connectivity index (χ3v) is 6.68. The predicted molar refractivity (Wildman–Crippen MR) is 98.7 cm³/mol. The molecule has 2 heterocycles. The van der Waals surface area contributed by atoms with Crippen molar-refractivity contribution in [2.24, 2.45) is 5.92 Å². The lowest BCUT2D eigenvalue weighted by atomic mass is 9.97. The van der Waals surface area contributed by atoms with Crippen molar-refractivity contribution in [2.75, 3.05) is 13.1 Å². The molecule has 2 aromatic rings. The van der Waals surface area contributed by atoms with Crippen LogP contribution in [0.4, 0.5) is 4.39 Å². The highest BCUT2D eigenvalue weighted by Crippen LogP contribution is 2.25. The number of amides is 1. The summed E-state index contributed by atoms with van der Waals surface area (Å²) in [6.07, 6.45) is 4.28. The number of pyridine rings is 1. The summed E-state index contributed by atoms with van der Waals surface area (Å²) < 4.78 is 40.2. The van der Waals surface area contributed by atoms with Crippen LogP contribution < -0.4 is 5.32 Å². The normalized spacial score (nSPS) is 16.2. The Morgan fingerprint density at radius 2 is 2.04 bits per heavy atom. The second-order valence-electron chi connectivity index (χ2n) is 6.67. The van der Waals surface area contributed by atoms with Crippen molar-refractivity contribution < 1.29 is 17.6 Å². The van der Waals surface area contributed by atoms with Crippen molar-refractivity contribution in [2.45, 2.75) is 31.2 Å². The van der Waals surface area contributed by atoms with Gasteiger partial charge in [0.25, 0.3) is 0 Å². The lowest BCUT2D eigenvalue weighted by molar-refractivity contribution is -0.126. The van der Waals surface area contributed by atoms with Crippen LogP contribution in [0.25, 0.3) is 0 Å². The highest BCUT2D eigenvalue weighted by Gasteiger charge is 2.32. The van der Waals surface area contributed by atoms with E-state index in [0.29, 0.717) is 24.9 Å². The molecule has 1 aliphatic heterocycles. The Bertz CT molecular complexity index is 911. The Kier molecular flexibility index (Phi) is 5.86. The third kappa shape index (κ3) is 4.51. The molecule has 1 saturated heterocycles. The van der Waals surface area contributed by atoms with Crippen LogP contribution >= 0.6 is 0 Å². The van der Waals surface area contributed by atoms with Gasteiger partial charge in [0, 0.05) is 37.9 Å². The van der Waals surface area contributed by atoms with Crippen molar-refractivity contribution in [3.63, 3.8) is 0 Å². The first kappa shape index (κ1) is 19.4. The van der Waals surface area contributed by atoms with Gasteiger partial charge in [0.1, 0.15) is 5.82 Å². The fourth-order valence-electron chi connectivity index (χ4n) is 3.12. The number of hydrogen-bond donors (Lipinski definition) is 1. The van der Waals surface area contributed by atoms with E-state index in [2.05, 4.69) is 10.3 Å². The molecule has 0 bridgehead atoms. The van der Waals surface area contributed by atoms with E-state index < -0.39 is 15.8 Å². The van der Waals surface area contributed by atoms with Gasteiger partial charge in [0.2, 0.25) is 15.9 Å². The number of sulfonamides is 1. The minimum absolute atomic E-state index is 0.0754.